The minimum absolute atomic E-state index is 0.0339. The highest BCUT2D eigenvalue weighted by Crippen LogP contribution is 2.32. The zero-order valence-electron chi connectivity index (χ0n) is 11.6. The van der Waals surface area contributed by atoms with Gasteiger partial charge in [-0.05, 0) is 39.5 Å². The van der Waals surface area contributed by atoms with Gasteiger partial charge in [0.15, 0.2) is 0 Å². The molecule has 0 aromatic heterocycles. The van der Waals surface area contributed by atoms with Gasteiger partial charge in [-0.3, -0.25) is 9.59 Å². The second-order valence-corrected chi connectivity index (χ2v) is 5.01. The summed E-state index contributed by atoms with van der Waals surface area (Å²) in [6.07, 6.45) is 2.57. The third-order valence-electron chi connectivity index (χ3n) is 3.47. The monoisotopic (exact) mass is 255 g/mol. The maximum atomic E-state index is 12.0. The average Bonchev–Trinajstić information content (AvgIpc) is 3.13. The summed E-state index contributed by atoms with van der Waals surface area (Å²) in [5.74, 6) is 0.347. The van der Waals surface area contributed by atoms with Gasteiger partial charge in [-0.15, -0.1) is 0 Å². The highest BCUT2D eigenvalue weighted by Gasteiger charge is 2.30. The first kappa shape index (κ1) is 15.0. The zero-order valence-corrected chi connectivity index (χ0v) is 11.6. The standard InChI is InChI=1S/C13H25N3O2/c1-4-16(5-2)13(18)9(3)15-12(17)8-11(14)10-6-7-10/h9-11H,4-8,14H2,1-3H3,(H,15,17). The van der Waals surface area contributed by atoms with Gasteiger partial charge in [-0.1, -0.05) is 0 Å². The molecular formula is C13H25N3O2. The molecule has 0 saturated heterocycles. The molecule has 1 aliphatic rings. The highest BCUT2D eigenvalue weighted by atomic mass is 16.2. The summed E-state index contributed by atoms with van der Waals surface area (Å²) in [6.45, 7) is 6.91. The van der Waals surface area contributed by atoms with E-state index in [0.717, 1.165) is 12.8 Å². The van der Waals surface area contributed by atoms with Crippen LogP contribution in [-0.4, -0.2) is 41.9 Å². The van der Waals surface area contributed by atoms with Crippen LogP contribution >= 0.6 is 0 Å². The van der Waals surface area contributed by atoms with Crippen LogP contribution in [0.25, 0.3) is 0 Å². The van der Waals surface area contributed by atoms with E-state index in [2.05, 4.69) is 5.32 Å². The number of carbonyl (C=O) groups is 2. The first-order valence-electron chi connectivity index (χ1n) is 6.83. The van der Waals surface area contributed by atoms with E-state index >= 15 is 0 Å². The van der Waals surface area contributed by atoms with E-state index in [9.17, 15) is 9.59 Å². The SMILES string of the molecule is CCN(CC)C(=O)C(C)NC(=O)CC(N)C1CC1. The highest BCUT2D eigenvalue weighted by molar-refractivity contribution is 5.87. The molecular weight excluding hydrogens is 230 g/mol. The Morgan fingerprint density at radius 2 is 1.89 bits per heavy atom. The fourth-order valence-electron chi connectivity index (χ4n) is 2.08. The molecule has 104 valence electrons. The molecule has 2 atom stereocenters. The predicted octanol–water partition coefficient (Wildman–Crippen LogP) is 0.487. The molecule has 1 rings (SSSR count). The van der Waals surface area contributed by atoms with E-state index in [1.54, 1.807) is 11.8 Å². The number of nitrogens with one attached hydrogen (secondary N) is 1. The summed E-state index contributed by atoms with van der Waals surface area (Å²) < 4.78 is 0. The Balaban J connectivity index is 2.35. The molecule has 1 saturated carbocycles. The Labute approximate surface area is 109 Å². The average molecular weight is 255 g/mol. The molecule has 3 N–H and O–H groups in total. The fourth-order valence-corrected chi connectivity index (χ4v) is 2.08. The maximum Gasteiger partial charge on any atom is 0.244 e. The Morgan fingerprint density at radius 1 is 1.33 bits per heavy atom. The Bertz CT molecular complexity index is 299. The van der Waals surface area contributed by atoms with Crippen LogP contribution in [0, 0.1) is 5.92 Å². The largest absolute Gasteiger partial charge is 0.345 e. The van der Waals surface area contributed by atoms with E-state index in [-0.39, 0.29) is 17.9 Å². The Hall–Kier alpha value is -1.10. The van der Waals surface area contributed by atoms with Crippen molar-refractivity contribution >= 4 is 11.8 Å². The molecule has 5 nitrogen and oxygen atoms in total. The van der Waals surface area contributed by atoms with Crippen molar-refractivity contribution in [2.45, 2.75) is 52.1 Å². The third-order valence-corrected chi connectivity index (χ3v) is 3.47. The molecule has 5 heteroatoms. The van der Waals surface area contributed by atoms with Gasteiger partial charge in [-0.2, -0.15) is 0 Å². The van der Waals surface area contributed by atoms with Gasteiger partial charge in [0, 0.05) is 25.6 Å². The molecule has 0 aromatic rings. The van der Waals surface area contributed by atoms with Gasteiger partial charge in [0.25, 0.3) is 0 Å². The van der Waals surface area contributed by atoms with Crippen molar-refractivity contribution in [2.24, 2.45) is 11.7 Å². The molecule has 18 heavy (non-hydrogen) atoms. The van der Waals surface area contributed by atoms with E-state index < -0.39 is 6.04 Å². The number of nitrogens with zero attached hydrogens (tertiary/aromatic N) is 1. The first-order valence-corrected chi connectivity index (χ1v) is 6.83. The number of nitrogens with two attached hydrogens (primary N) is 1. The summed E-state index contributed by atoms with van der Waals surface area (Å²) in [5.41, 5.74) is 5.89. The van der Waals surface area contributed by atoms with Crippen LogP contribution in [0.2, 0.25) is 0 Å². The van der Waals surface area contributed by atoms with Gasteiger partial charge in [0.05, 0.1) is 0 Å². The number of hydrogen-bond acceptors (Lipinski definition) is 3. The number of carbonyl (C=O) groups excluding carboxylic acids is 2. The quantitative estimate of drug-likeness (QED) is 0.695. The summed E-state index contributed by atoms with van der Waals surface area (Å²) in [5, 5.41) is 2.73. The van der Waals surface area contributed by atoms with Crippen molar-refractivity contribution in [2.75, 3.05) is 13.1 Å². The lowest BCUT2D eigenvalue weighted by molar-refractivity contribution is -0.135. The van der Waals surface area contributed by atoms with Gasteiger partial charge in [0.2, 0.25) is 11.8 Å². The second-order valence-electron chi connectivity index (χ2n) is 5.01. The molecule has 2 amide bonds. The molecule has 0 spiro atoms. The maximum absolute atomic E-state index is 12.0. The van der Waals surface area contributed by atoms with Crippen LogP contribution in [0.5, 0.6) is 0 Å². The van der Waals surface area contributed by atoms with Crippen LogP contribution in [0.4, 0.5) is 0 Å². The van der Waals surface area contributed by atoms with Crippen LogP contribution in [-0.2, 0) is 9.59 Å². The second kappa shape index (κ2) is 6.73. The Kier molecular flexibility index (Phi) is 5.59. The lowest BCUT2D eigenvalue weighted by Gasteiger charge is -2.23. The molecule has 0 bridgehead atoms. The molecule has 0 radical (unpaired) electrons. The molecule has 0 aromatic carbocycles. The topological polar surface area (TPSA) is 75.4 Å². The first-order chi connectivity index (χ1) is 8.49. The normalized spacial score (nSPS) is 18.0. The fraction of sp³-hybridized carbons (Fsp3) is 0.846. The zero-order chi connectivity index (χ0) is 13.7. The lowest BCUT2D eigenvalue weighted by Crippen LogP contribution is -2.47. The van der Waals surface area contributed by atoms with Crippen molar-refractivity contribution in [3.05, 3.63) is 0 Å². The smallest absolute Gasteiger partial charge is 0.244 e. The number of amides is 2. The molecule has 1 aliphatic carbocycles. The van der Waals surface area contributed by atoms with E-state index in [0.29, 0.717) is 25.4 Å². The van der Waals surface area contributed by atoms with E-state index in [1.165, 1.54) is 0 Å². The minimum Gasteiger partial charge on any atom is -0.345 e. The van der Waals surface area contributed by atoms with Crippen molar-refractivity contribution in [1.82, 2.24) is 10.2 Å². The van der Waals surface area contributed by atoms with Gasteiger partial charge < -0.3 is 16.0 Å². The van der Waals surface area contributed by atoms with Crippen molar-refractivity contribution in [1.29, 1.82) is 0 Å². The molecule has 0 aliphatic heterocycles. The summed E-state index contributed by atoms with van der Waals surface area (Å²) in [6, 6.07) is -0.524. The third kappa shape index (κ3) is 4.29. The van der Waals surface area contributed by atoms with Crippen LogP contribution in [0.15, 0.2) is 0 Å². The van der Waals surface area contributed by atoms with Crippen LogP contribution in [0.1, 0.15) is 40.0 Å². The van der Waals surface area contributed by atoms with Crippen molar-refractivity contribution < 1.29 is 9.59 Å². The number of hydrogen-bond donors (Lipinski definition) is 2. The lowest BCUT2D eigenvalue weighted by atomic mass is 10.1. The Morgan fingerprint density at radius 3 is 2.33 bits per heavy atom. The van der Waals surface area contributed by atoms with Gasteiger partial charge >= 0.3 is 0 Å². The summed E-state index contributed by atoms with van der Waals surface area (Å²) >= 11 is 0. The van der Waals surface area contributed by atoms with Crippen LogP contribution < -0.4 is 11.1 Å². The van der Waals surface area contributed by atoms with Crippen LogP contribution in [0.3, 0.4) is 0 Å². The predicted molar refractivity (Wildman–Crippen MR) is 70.8 cm³/mol. The van der Waals surface area contributed by atoms with Gasteiger partial charge in [-0.25, -0.2) is 0 Å². The number of rotatable bonds is 7. The number of likely N-dealkylation sites (N-methyl/N-ethyl adjacent to an activating group) is 1. The summed E-state index contributed by atoms with van der Waals surface area (Å²) in [4.78, 5) is 25.4. The van der Waals surface area contributed by atoms with E-state index in [4.69, 9.17) is 5.73 Å². The molecule has 0 heterocycles. The minimum atomic E-state index is -0.469. The molecule has 1 fully saturated rings. The van der Waals surface area contributed by atoms with Crippen molar-refractivity contribution in [3.8, 4) is 0 Å². The summed E-state index contributed by atoms with van der Waals surface area (Å²) in [7, 11) is 0. The van der Waals surface area contributed by atoms with Crippen molar-refractivity contribution in [3.63, 3.8) is 0 Å². The van der Waals surface area contributed by atoms with E-state index in [1.807, 2.05) is 13.8 Å². The molecule has 2 unspecified atom stereocenters. The van der Waals surface area contributed by atoms with Gasteiger partial charge in [0.1, 0.15) is 6.04 Å².